The number of ether oxygens (including phenoxy) is 2. The largest absolute Gasteiger partial charge is 0.469 e. The molecular weight excluding hydrogens is 603 g/mol. The highest BCUT2D eigenvalue weighted by Crippen LogP contribution is 2.36. The van der Waals surface area contributed by atoms with Crippen LogP contribution in [0.25, 0.3) is 0 Å². The first-order valence-electron chi connectivity index (χ1n) is 17.9. The Kier molecular flexibility index (Phi) is 31.5. The summed E-state index contributed by atoms with van der Waals surface area (Å²) in [6, 6.07) is 0. The molecule has 8 nitrogen and oxygen atoms in total. The van der Waals surface area contributed by atoms with Crippen molar-refractivity contribution in [3.05, 3.63) is 48.6 Å². The second-order valence-electron chi connectivity index (χ2n) is 11.8. The fourth-order valence-corrected chi connectivity index (χ4v) is 5.08. The Balaban J connectivity index is 3.92. The van der Waals surface area contributed by atoms with Crippen LogP contribution in [0, 0.1) is 0 Å². The van der Waals surface area contributed by atoms with Crippen LogP contribution in [0.15, 0.2) is 48.6 Å². The molecule has 0 aliphatic carbocycles. The quantitative estimate of drug-likeness (QED) is 0.0315. The number of esters is 2. The van der Waals surface area contributed by atoms with Crippen molar-refractivity contribution in [2.75, 3.05) is 13.2 Å². The zero-order valence-corrected chi connectivity index (χ0v) is 29.9. The van der Waals surface area contributed by atoms with Gasteiger partial charge in [-0.05, 0) is 51.4 Å². The lowest BCUT2D eigenvalue weighted by molar-refractivity contribution is -0.161. The summed E-state index contributed by atoms with van der Waals surface area (Å²) >= 11 is 0. The molecule has 0 spiro atoms. The van der Waals surface area contributed by atoms with Gasteiger partial charge >= 0.3 is 19.8 Å². The molecule has 0 aliphatic rings. The second-order valence-corrected chi connectivity index (χ2v) is 13.1. The minimum Gasteiger partial charge on any atom is -0.462 e. The van der Waals surface area contributed by atoms with E-state index >= 15 is 0 Å². The summed E-state index contributed by atoms with van der Waals surface area (Å²) in [6.07, 6.45) is 38.5. The van der Waals surface area contributed by atoms with E-state index in [0.29, 0.717) is 6.42 Å². The van der Waals surface area contributed by atoms with Gasteiger partial charge in [-0.1, -0.05) is 140 Å². The molecule has 0 heterocycles. The van der Waals surface area contributed by atoms with E-state index in [1.165, 1.54) is 44.9 Å². The van der Waals surface area contributed by atoms with Crippen LogP contribution in [0.2, 0.25) is 0 Å². The molecule has 0 saturated heterocycles. The zero-order valence-electron chi connectivity index (χ0n) is 29.0. The van der Waals surface area contributed by atoms with Gasteiger partial charge in [0.05, 0.1) is 6.61 Å². The molecule has 9 heteroatoms. The number of phosphoric acid groups is 1. The SMILES string of the molecule is CC/C=C\C/C=C\C/C=C\C/C=C\CCCCCCCCCCC(=O)OC(COC(=O)CCCCCCCCC)COP(=O)(O)O. The van der Waals surface area contributed by atoms with Crippen LogP contribution in [0.5, 0.6) is 0 Å². The van der Waals surface area contributed by atoms with Crippen molar-refractivity contribution in [3.63, 3.8) is 0 Å². The highest BCUT2D eigenvalue weighted by atomic mass is 31.2. The van der Waals surface area contributed by atoms with Gasteiger partial charge in [-0.25, -0.2) is 4.57 Å². The van der Waals surface area contributed by atoms with Crippen LogP contribution in [-0.4, -0.2) is 41.0 Å². The third-order valence-electron chi connectivity index (χ3n) is 7.36. The minimum absolute atomic E-state index is 0.202. The molecule has 1 unspecified atom stereocenters. The minimum atomic E-state index is -4.74. The normalized spacial score (nSPS) is 13.0. The average molecular weight is 669 g/mol. The first-order chi connectivity index (χ1) is 22.3. The number of carbonyl (C=O) groups is 2. The van der Waals surface area contributed by atoms with Crippen molar-refractivity contribution < 1.29 is 37.9 Å². The highest BCUT2D eigenvalue weighted by Gasteiger charge is 2.22. The molecule has 266 valence electrons. The Morgan fingerprint density at radius 2 is 1.04 bits per heavy atom. The predicted molar refractivity (Wildman–Crippen MR) is 188 cm³/mol. The summed E-state index contributed by atoms with van der Waals surface area (Å²) in [6.45, 7) is 3.49. The molecule has 0 aliphatic heterocycles. The van der Waals surface area contributed by atoms with Gasteiger partial charge in [0.15, 0.2) is 6.10 Å². The lowest BCUT2D eigenvalue weighted by Gasteiger charge is -2.18. The summed E-state index contributed by atoms with van der Waals surface area (Å²) < 4.78 is 26.2. The van der Waals surface area contributed by atoms with E-state index in [1.54, 1.807) is 0 Å². The van der Waals surface area contributed by atoms with Crippen LogP contribution < -0.4 is 0 Å². The molecule has 0 bridgehead atoms. The zero-order chi connectivity index (χ0) is 34.0. The van der Waals surface area contributed by atoms with Gasteiger partial charge in [0.25, 0.3) is 0 Å². The maximum absolute atomic E-state index is 12.3. The van der Waals surface area contributed by atoms with Gasteiger partial charge in [0.1, 0.15) is 6.61 Å². The van der Waals surface area contributed by atoms with Crippen molar-refractivity contribution in [2.45, 2.75) is 161 Å². The second kappa shape index (κ2) is 32.9. The van der Waals surface area contributed by atoms with E-state index in [0.717, 1.165) is 77.0 Å². The maximum Gasteiger partial charge on any atom is 0.469 e. The number of unbranched alkanes of at least 4 members (excludes halogenated alkanes) is 14. The van der Waals surface area contributed by atoms with Crippen LogP contribution in [0.4, 0.5) is 0 Å². The van der Waals surface area contributed by atoms with Crippen molar-refractivity contribution >= 4 is 19.8 Å². The molecular formula is C37H65O8P. The average Bonchev–Trinajstić information content (AvgIpc) is 3.02. The number of rotatable bonds is 32. The Morgan fingerprint density at radius 3 is 1.57 bits per heavy atom. The van der Waals surface area contributed by atoms with Crippen LogP contribution in [-0.2, 0) is 28.2 Å². The predicted octanol–water partition coefficient (Wildman–Crippen LogP) is 10.4. The lowest BCUT2D eigenvalue weighted by atomic mass is 10.1. The molecule has 46 heavy (non-hydrogen) atoms. The van der Waals surface area contributed by atoms with Crippen molar-refractivity contribution in [3.8, 4) is 0 Å². The number of hydrogen-bond donors (Lipinski definition) is 2. The maximum atomic E-state index is 12.3. The molecule has 0 saturated carbocycles. The first-order valence-corrected chi connectivity index (χ1v) is 19.5. The van der Waals surface area contributed by atoms with E-state index in [1.807, 2.05) is 0 Å². The van der Waals surface area contributed by atoms with Crippen LogP contribution in [0.3, 0.4) is 0 Å². The molecule has 1 atom stereocenters. The molecule has 0 aromatic rings. The van der Waals surface area contributed by atoms with Gasteiger partial charge in [-0.3, -0.25) is 14.1 Å². The summed E-state index contributed by atoms with van der Waals surface area (Å²) in [5.41, 5.74) is 0. The number of phosphoric ester groups is 1. The topological polar surface area (TPSA) is 119 Å². The molecule has 2 N–H and O–H groups in total. The van der Waals surface area contributed by atoms with Gasteiger partial charge < -0.3 is 19.3 Å². The Bertz CT molecular complexity index is 890. The summed E-state index contributed by atoms with van der Waals surface area (Å²) in [4.78, 5) is 42.4. The number of allylic oxidation sites excluding steroid dienone is 8. The highest BCUT2D eigenvalue weighted by molar-refractivity contribution is 7.46. The first kappa shape index (κ1) is 44.0. The van der Waals surface area contributed by atoms with E-state index < -0.39 is 32.5 Å². The fourth-order valence-electron chi connectivity index (χ4n) is 4.72. The molecule has 0 aromatic heterocycles. The van der Waals surface area contributed by atoms with Crippen LogP contribution in [0.1, 0.15) is 155 Å². The van der Waals surface area contributed by atoms with Gasteiger partial charge in [0, 0.05) is 12.8 Å². The number of carbonyl (C=O) groups excluding carboxylic acids is 2. The van der Waals surface area contributed by atoms with Gasteiger partial charge in [0.2, 0.25) is 0 Å². The lowest BCUT2D eigenvalue weighted by Crippen LogP contribution is -2.29. The monoisotopic (exact) mass is 668 g/mol. The molecule has 0 aromatic carbocycles. The smallest absolute Gasteiger partial charge is 0.462 e. The molecule has 0 fully saturated rings. The summed E-state index contributed by atoms with van der Waals surface area (Å²) in [5.74, 6) is -0.904. The number of hydrogen-bond acceptors (Lipinski definition) is 6. The molecule has 0 radical (unpaired) electrons. The van der Waals surface area contributed by atoms with Crippen molar-refractivity contribution in [2.24, 2.45) is 0 Å². The van der Waals surface area contributed by atoms with Gasteiger partial charge in [-0.2, -0.15) is 0 Å². The summed E-state index contributed by atoms with van der Waals surface area (Å²) in [7, 11) is -4.74. The standard InChI is InChI=1S/C37H65O8P/c1-3-5-7-9-11-12-13-14-15-16-17-18-19-20-21-22-23-24-26-28-30-32-37(39)45-35(34-44-46(40,41)42)33-43-36(38)31-29-27-25-10-8-6-4-2/h5,7,11-12,14-15,17-18,35H,3-4,6,8-10,13,16,19-34H2,1-2H3,(H2,40,41,42)/b7-5-,12-11-,15-14-,18-17-. The third-order valence-corrected chi connectivity index (χ3v) is 7.85. The van der Waals surface area contributed by atoms with Crippen molar-refractivity contribution in [1.82, 2.24) is 0 Å². The Hall–Kier alpha value is -1.99. The Labute approximate surface area is 280 Å². The Morgan fingerprint density at radius 1 is 0.587 bits per heavy atom. The third kappa shape index (κ3) is 34.9. The van der Waals surface area contributed by atoms with Crippen LogP contribution >= 0.6 is 7.82 Å². The van der Waals surface area contributed by atoms with E-state index in [-0.39, 0.29) is 19.4 Å². The molecule has 0 rings (SSSR count). The molecule has 0 amide bonds. The summed E-state index contributed by atoms with van der Waals surface area (Å²) in [5, 5.41) is 0. The van der Waals surface area contributed by atoms with E-state index in [9.17, 15) is 14.2 Å². The van der Waals surface area contributed by atoms with Gasteiger partial charge in [-0.15, -0.1) is 0 Å². The van der Waals surface area contributed by atoms with E-state index in [4.69, 9.17) is 19.3 Å². The fraction of sp³-hybridized carbons (Fsp3) is 0.730. The van der Waals surface area contributed by atoms with Crippen molar-refractivity contribution in [1.29, 1.82) is 0 Å². The van der Waals surface area contributed by atoms with E-state index in [2.05, 4.69) is 67.0 Å².